The second-order valence-corrected chi connectivity index (χ2v) is 5.85. The molecular formula is C18H21FN2O2S. The highest BCUT2D eigenvalue weighted by Crippen LogP contribution is 2.28. The van der Waals surface area contributed by atoms with Crippen LogP contribution in [0.2, 0.25) is 0 Å². The fraction of sp³-hybridized carbons (Fsp3) is 0.278. The Hall–Kier alpha value is -2.34. The predicted molar refractivity (Wildman–Crippen MR) is 98.2 cm³/mol. The highest BCUT2D eigenvalue weighted by atomic mass is 32.1. The van der Waals surface area contributed by atoms with E-state index in [9.17, 15) is 4.39 Å². The zero-order valence-corrected chi connectivity index (χ0v) is 14.7. The van der Waals surface area contributed by atoms with E-state index in [0.717, 1.165) is 5.56 Å². The Balaban J connectivity index is 1.96. The van der Waals surface area contributed by atoms with E-state index >= 15 is 0 Å². The summed E-state index contributed by atoms with van der Waals surface area (Å²) in [5.41, 5.74) is 1.31. The van der Waals surface area contributed by atoms with Crippen LogP contribution in [0.5, 0.6) is 11.5 Å². The lowest BCUT2D eigenvalue weighted by Gasteiger charge is -2.15. The molecule has 0 aromatic heterocycles. The SMILES string of the molecule is COc1cc(CNC(=S)Nc2ccccc2F)ccc1OC(C)C. The molecule has 0 unspecified atom stereocenters. The third kappa shape index (κ3) is 5.09. The number of hydrogen-bond donors (Lipinski definition) is 2. The Labute approximate surface area is 147 Å². The molecule has 0 atom stereocenters. The van der Waals surface area contributed by atoms with E-state index in [2.05, 4.69) is 10.6 Å². The Bertz CT molecular complexity index is 707. The van der Waals surface area contributed by atoms with Crippen molar-refractivity contribution in [1.82, 2.24) is 5.32 Å². The molecule has 0 saturated heterocycles. The van der Waals surface area contributed by atoms with E-state index in [-0.39, 0.29) is 11.9 Å². The van der Waals surface area contributed by atoms with Crippen molar-refractivity contribution in [1.29, 1.82) is 0 Å². The molecule has 0 fully saturated rings. The minimum absolute atomic E-state index is 0.0698. The maximum Gasteiger partial charge on any atom is 0.171 e. The summed E-state index contributed by atoms with van der Waals surface area (Å²) in [4.78, 5) is 0. The van der Waals surface area contributed by atoms with Crippen LogP contribution < -0.4 is 20.1 Å². The van der Waals surface area contributed by atoms with Crippen LogP contribution in [0.1, 0.15) is 19.4 Å². The number of halogens is 1. The van der Waals surface area contributed by atoms with Crippen molar-refractivity contribution < 1.29 is 13.9 Å². The van der Waals surface area contributed by atoms with Gasteiger partial charge in [-0.1, -0.05) is 18.2 Å². The van der Waals surface area contributed by atoms with Gasteiger partial charge in [0, 0.05) is 6.54 Å². The van der Waals surface area contributed by atoms with E-state index in [1.54, 1.807) is 25.3 Å². The van der Waals surface area contributed by atoms with Gasteiger partial charge in [-0.3, -0.25) is 0 Å². The Morgan fingerprint density at radius 3 is 2.58 bits per heavy atom. The van der Waals surface area contributed by atoms with E-state index in [1.807, 2.05) is 32.0 Å². The van der Waals surface area contributed by atoms with Crippen LogP contribution in [-0.4, -0.2) is 18.3 Å². The van der Waals surface area contributed by atoms with Gasteiger partial charge < -0.3 is 20.1 Å². The van der Waals surface area contributed by atoms with E-state index in [0.29, 0.717) is 28.8 Å². The topological polar surface area (TPSA) is 42.5 Å². The van der Waals surface area contributed by atoms with Crippen molar-refractivity contribution in [2.45, 2.75) is 26.5 Å². The Morgan fingerprint density at radius 1 is 1.17 bits per heavy atom. The first-order chi connectivity index (χ1) is 11.5. The van der Waals surface area contributed by atoms with Crippen LogP contribution in [0, 0.1) is 5.82 Å². The quantitative estimate of drug-likeness (QED) is 0.769. The molecule has 0 heterocycles. The molecule has 0 spiro atoms. The van der Waals surface area contributed by atoms with Gasteiger partial charge in [0.15, 0.2) is 16.6 Å². The van der Waals surface area contributed by atoms with Gasteiger partial charge in [0.25, 0.3) is 0 Å². The van der Waals surface area contributed by atoms with Crippen LogP contribution >= 0.6 is 12.2 Å². The second kappa shape index (κ2) is 8.49. The van der Waals surface area contributed by atoms with Crippen LogP contribution in [-0.2, 0) is 6.54 Å². The van der Waals surface area contributed by atoms with Gasteiger partial charge in [-0.05, 0) is 55.9 Å². The van der Waals surface area contributed by atoms with Gasteiger partial charge in [0.2, 0.25) is 0 Å². The third-order valence-corrected chi connectivity index (χ3v) is 3.41. The third-order valence-electron chi connectivity index (χ3n) is 3.17. The monoisotopic (exact) mass is 348 g/mol. The standard InChI is InChI=1S/C18H21FN2O2S/c1-12(2)23-16-9-8-13(10-17(16)22-3)11-20-18(24)21-15-7-5-4-6-14(15)19/h4-10,12H,11H2,1-3H3,(H2,20,21,24). The fourth-order valence-corrected chi connectivity index (χ4v) is 2.27. The van der Waals surface area contributed by atoms with Gasteiger partial charge in [-0.25, -0.2) is 4.39 Å². The maximum atomic E-state index is 13.6. The van der Waals surface area contributed by atoms with Crippen LogP contribution in [0.25, 0.3) is 0 Å². The molecule has 2 aromatic carbocycles. The average molecular weight is 348 g/mol. The number of thiocarbonyl (C=S) groups is 1. The van der Waals surface area contributed by atoms with Gasteiger partial charge in [-0.2, -0.15) is 0 Å². The summed E-state index contributed by atoms with van der Waals surface area (Å²) in [5, 5.41) is 6.23. The first-order valence-electron chi connectivity index (χ1n) is 7.62. The van der Waals surface area contributed by atoms with Crippen molar-refractivity contribution >= 4 is 23.0 Å². The second-order valence-electron chi connectivity index (χ2n) is 5.44. The van der Waals surface area contributed by atoms with E-state index in [1.165, 1.54) is 6.07 Å². The highest BCUT2D eigenvalue weighted by Gasteiger charge is 2.08. The first-order valence-corrected chi connectivity index (χ1v) is 8.03. The zero-order chi connectivity index (χ0) is 17.5. The molecule has 4 nitrogen and oxygen atoms in total. The highest BCUT2D eigenvalue weighted by molar-refractivity contribution is 7.80. The molecule has 0 radical (unpaired) electrons. The number of methoxy groups -OCH3 is 1. The molecule has 6 heteroatoms. The minimum atomic E-state index is -0.349. The molecule has 128 valence electrons. The lowest BCUT2D eigenvalue weighted by molar-refractivity contribution is 0.230. The molecule has 0 saturated carbocycles. The molecule has 2 aromatic rings. The smallest absolute Gasteiger partial charge is 0.171 e. The summed E-state index contributed by atoms with van der Waals surface area (Å²) in [5.74, 6) is 1.01. The molecule has 2 rings (SSSR count). The molecule has 0 aliphatic rings. The summed E-state index contributed by atoms with van der Waals surface area (Å²) in [6, 6.07) is 12.1. The number of benzene rings is 2. The maximum absolute atomic E-state index is 13.6. The van der Waals surface area contributed by atoms with Crippen molar-refractivity contribution in [2.75, 3.05) is 12.4 Å². The normalized spacial score (nSPS) is 10.4. The summed E-state index contributed by atoms with van der Waals surface area (Å²) in [6.07, 6.45) is 0.0698. The van der Waals surface area contributed by atoms with Gasteiger partial charge in [-0.15, -0.1) is 0 Å². The minimum Gasteiger partial charge on any atom is -0.493 e. The molecular weight excluding hydrogens is 327 g/mol. The largest absolute Gasteiger partial charge is 0.493 e. The first kappa shape index (κ1) is 18.0. The molecule has 0 amide bonds. The molecule has 0 aliphatic heterocycles. The van der Waals surface area contributed by atoms with Crippen LogP contribution in [0.3, 0.4) is 0 Å². The average Bonchev–Trinajstić information content (AvgIpc) is 2.55. The lowest BCUT2D eigenvalue weighted by atomic mass is 10.2. The zero-order valence-electron chi connectivity index (χ0n) is 13.9. The Kier molecular flexibility index (Phi) is 6.37. The van der Waals surface area contributed by atoms with Crippen LogP contribution in [0.4, 0.5) is 10.1 Å². The van der Waals surface area contributed by atoms with Crippen molar-refractivity contribution in [3.05, 3.63) is 53.8 Å². The molecule has 0 bridgehead atoms. The van der Waals surface area contributed by atoms with Gasteiger partial charge in [0.1, 0.15) is 5.82 Å². The lowest BCUT2D eigenvalue weighted by Crippen LogP contribution is -2.28. The van der Waals surface area contributed by atoms with E-state index in [4.69, 9.17) is 21.7 Å². The summed E-state index contributed by atoms with van der Waals surface area (Å²) >= 11 is 5.19. The van der Waals surface area contributed by atoms with Crippen molar-refractivity contribution in [2.24, 2.45) is 0 Å². The Morgan fingerprint density at radius 2 is 1.92 bits per heavy atom. The number of para-hydroxylation sites is 1. The summed E-state index contributed by atoms with van der Waals surface area (Å²) in [7, 11) is 1.60. The molecule has 0 aliphatic carbocycles. The number of nitrogens with one attached hydrogen (secondary N) is 2. The number of ether oxygens (including phenoxy) is 2. The molecule has 24 heavy (non-hydrogen) atoms. The van der Waals surface area contributed by atoms with Gasteiger partial charge in [0.05, 0.1) is 18.9 Å². The van der Waals surface area contributed by atoms with Crippen molar-refractivity contribution in [3.63, 3.8) is 0 Å². The summed E-state index contributed by atoms with van der Waals surface area (Å²) in [6.45, 7) is 4.40. The summed E-state index contributed by atoms with van der Waals surface area (Å²) < 4.78 is 24.6. The molecule has 2 N–H and O–H groups in total. The van der Waals surface area contributed by atoms with Crippen LogP contribution in [0.15, 0.2) is 42.5 Å². The number of hydrogen-bond acceptors (Lipinski definition) is 3. The fourth-order valence-electron chi connectivity index (χ4n) is 2.08. The number of rotatable bonds is 6. The predicted octanol–water partition coefficient (Wildman–Crippen LogP) is 4.11. The van der Waals surface area contributed by atoms with E-state index < -0.39 is 0 Å². The van der Waals surface area contributed by atoms with Crippen molar-refractivity contribution in [3.8, 4) is 11.5 Å². The van der Waals surface area contributed by atoms with Gasteiger partial charge >= 0.3 is 0 Å². The number of anilines is 1.